The molecule has 34 heavy (non-hydrogen) atoms. The van der Waals surface area contributed by atoms with Crippen LogP contribution in [-0.4, -0.2) is 56.8 Å². The van der Waals surface area contributed by atoms with Crippen molar-refractivity contribution in [1.29, 1.82) is 0 Å². The minimum absolute atomic E-state index is 0.426. The van der Waals surface area contributed by atoms with Gasteiger partial charge < -0.3 is 9.72 Å². The van der Waals surface area contributed by atoms with Crippen LogP contribution >= 0.6 is 0 Å². The molecule has 6 heteroatoms. The molecule has 0 unspecified atom stereocenters. The smallest absolute Gasteiger partial charge is 0.158 e. The highest BCUT2D eigenvalue weighted by molar-refractivity contribution is 5.92. The van der Waals surface area contributed by atoms with E-state index in [4.69, 9.17) is 4.74 Å². The van der Waals surface area contributed by atoms with Gasteiger partial charge in [-0.05, 0) is 85.9 Å². The highest BCUT2D eigenvalue weighted by Gasteiger charge is 2.31. The number of H-pyrrole nitrogens is 1. The molecule has 0 bridgehead atoms. The summed E-state index contributed by atoms with van der Waals surface area (Å²) in [7, 11) is 0. The number of pyridine rings is 1. The number of nitrogens with one attached hydrogen (secondary N) is 1. The first-order valence-corrected chi connectivity index (χ1v) is 13.0. The lowest BCUT2D eigenvalue weighted by Gasteiger charge is -2.41. The highest BCUT2D eigenvalue weighted by Crippen LogP contribution is 2.44. The summed E-state index contributed by atoms with van der Waals surface area (Å²) < 4.78 is 7.37. The van der Waals surface area contributed by atoms with Crippen LogP contribution in [0.15, 0.2) is 36.8 Å². The van der Waals surface area contributed by atoms with Crippen LogP contribution in [0.4, 0.5) is 0 Å². The average Bonchev–Trinajstić information content (AvgIpc) is 3.41. The van der Waals surface area contributed by atoms with Crippen molar-refractivity contribution in [3.05, 3.63) is 53.5 Å². The third-order valence-corrected chi connectivity index (χ3v) is 8.29. The second-order valence-electron chi connectivity index (χ2n) is 10.9. The number of hydrogen-bond acceptors (Lipinski definition) is 4. The van der Waals surface area contributed by atoms with Crippen LogP contribution < -0.4 is 0 Å². The van der Waals surface area contributed by atoms with E-state index in [1.165, 1.54) is 77.6 Å². The highest BCUT2D eigenvalue weighted by atomic mass is 16.5. The summed E-state index contributed by atoms with van der Waals surface area (Å²) >= 11 is 0. The van der Waals surface area contributed by atoms with Crippen molar-refractivity contribution in [3.63, 3.8) is 0 Å². The molecule has 1 aromatic carbocycles. The molecule has 1 aliphatic carbocycles. The first kappa shape index (κ1) is 20.7. The van der Waals surface area contributed by atoms with E-state index in [9.17, 15) is 0 Å². The molecular weight excluding hydrogens is 422 g/mol. The van der Waals surface area contributed by atoms with Crippen molar-refractivity contribution in [2.45, 2.75) is 63.3 Å². The second kappa shape index (κ2) is 7.92. The number of piperidine rings is 1. The number of fused-ring (bicyclic) bond motifs is 2. The minimum atomic E-state index is 0.426. The van der Waals surface area contributed by atoms with Gasteiger partial charge in [0.05, 0.1) is 24.9 Å². The van der Waals surface area contributed by atoms with Crippen LogP contribution in [0.3, 0.4) is 0 Å². The molecule has 2 saturated heterocycles. The molecule has 4 aromatic rings. The molecule has 6 nitrogen and oxygen atoms in total. The molecule has 0 atom stereocenters. The maximum absolute atomic E-state index is 5.41. The van der Waals surface area contributed by atoms with E-state index >= 15 is 0 Å². The topological polar surface area (TPSA) is 58.5 Å². The number of aromatic amines is 1. The first-order valence-electron chi connectivity index (χ1n) is 13.0. The fourth-order valence-electron chi connectivity index (χ4n) is 6.13. The Morgan fingerprint density at radius 1 is 1.03 bits per heavy atom. The van der Waals surface area contributed by atoms with Gasteiger partial charge in [0.1, 0.15) is 6.33 Å². The van der Waals surface area contributed by atoms with Gasteiger partial charge >= 0.3 is 0 Å². The number of hydrogen-bond donors (Lipinski definition) is 1. The number of aromatic nitrogens is 4. The van der Waals surface area contributed by atoms with E-state index < -0.39 is 0 Å². The predicted octanol–water partition coefficient (Wildman–Crippen LogP) is 5.46. The van der Waals surface area contributed by atoms with Crippen molar-refractivity contribution in [1.82, 2.24) is 24.5 Å². The number of nitrogens with zero attached hydrogens (tertiary/aromatic N) is 4. The summed E-state index contributed by atoms with van der Waals surface area (Å²) in [5, 5.41) is 5.87. The lowest BCUT2D eigenvalue weighted by molar-refractivity contribution is -0.0712. The van der Waals surface area contributed by atoms with Gasteiger partial charge in [-0.15, -0.1) is 0 Å². The molecule has 3 fully saturated rings. The van der Waals surface area contributed by atoms with Gasteiger partial charge in [-0.25, -0.2) is 9.50 Å². The summed E-state index contributed by atoms with van der Waals surface area (Å²) in [5.41, 5.74) is 8.96. The molecule has 1 saturated carbocycles. The maximum atomic E-state index is 5.41. The van der Waals surface area contributed by atoms with Crippen molar-refractivity contribution in [3.8, 4) is 11.3 Å². The summed E-state index contributed by atoms with van der Waals surface area (Å²) in [6.45, 7) is 8.84. The van der Waals surface area contributed by atoms with Crippen molar-refractivity contribution < 1.29 is 4.74 Å². The summed E-state index contributed by atoms with van der Waals surface area (Å²) in [4.78, 5) is 11.0. The van der Waals surface area contributed by atoms with Crippen molar-refractivity contribution in [2.75, 3.05) is 26.3 Å². The molecule has 7 rings (SSSR count). The third-order valence-electron chi connectivity index (χ3n) is 8.29. The third kappa shape index (κ3) is 3.38. The number of rotatable bonds is 5. The van der Waals surface area contributed by atoms with E-state index in [0.29, 0.717) is 23.8 Å². The second-order valence-corrected chi connectivity index (χ2v) is 10.9. The van der Waals surface area contributed by atoms with Gasteiger partial charge in [0, 0.05) is 28.2 Å². The maximum Gasteiger partial charge on any atom is 0.158 e. The summed E-state index contributed by atoms with van der Waals surface area (Å²) in [5.74, 6) is 1.70. The number of likely N-dealkylation sites (tertiary alicyclic amines) is 1. The quantitative estimate of drug-likeness (QED) is 0.434. The molecule has 1 N–H and O–H groups in total. The van der Waals surface area contributed by atoms with E-state index in [1.807, 2.05) is 4.52 Å². The number of ether oxygens (including phenoxy) is 1. The Kier molecular flexibility index (Phi) is 4.81. The molecule has 0 radical (unpaired) electrons. The Labute approximate surface area is 200 Å². The van der Waals surface area contributed by atoms with Crippen LogP contribution in [0.1, 0.15) is 74.0 Å². The summed E-state index contributed by atoms with van der Waals surface area (Å²) in [6, 6.07) is 10.2. The molecule has 5 heterocycles. The van der Waals surface area contributed by atoms with Crippen molar-refractivity contribution >= 4 is 16.6 Å². The Bertz CT molecular complexity index is 1350. The SMILES string of the molecule is CC(C)c1c(-c2cc(C3CC3)c3ncnn3c2)[nH]c2ccc(C3CCN(C4COC4)CC3)cc12. The van der Waals surface area contributed by atoms with Crippen LogP contribution in [0, 0.1) is 0 Å². The van der Waals surface area contributed by atoms with Gasteiger partial charge in [-0.3, -0.25) is 4.90 Å². The van der Waals surface area contributed by atoms with E-state index in [2.05, 4.69) is 64.3 Å². The molecule has 176 valence electrons. The fraction of sp³-hybridized carbons (Fsp3) is 0.500. The molecule has 0 spiro atoms. The first-order chi connectivity index (χ1) is 16.7. The fourth-order valence-corrected chi connectivity index (χ4v) is 6.13. The van der Waals surface area contributed by atoms with Gasteiger partial charge in [0.2, 0.25) is 0 Å². The van der Waals surface area contributed by atoms with Gasteiger partial charge in [0.15, 0.2) is 5.65 Å². The van der Waals surface area contributed by atoms with Gasteiger partial charge in [-0.2, -0.15) is 5.10 Å². The van der Waals surface area contributed by atoms with E-state index in [0.717, 1.165) is 18.9 Å². The van der Waals surface area contributed by atoms with Gasteiger partial charge in [0.25, 0.3) is 0 Å². The molecule has 3 aliphatic rings. The van der Waals surface area contributed by atoms with Gasteiger partial charge in [-0.1, -0.05) is 19.9 Å². The minimum Gasteiger partial charge on any atom is -0.378 e. The molecule has 2 aliphatic heterocycles. The van der Waals surface area contributed by atoms with Crippen LogP contribution in [0.2, 0.25) is 0 Å². The van der Waals surface area contributed by atoms with E-state index in [-0.39, 0.29) is 0 Å². The van der Waals surface area contributed by atoms with Crippen molar-refractivity contribution in [2.24, 2.45) is 0 Å². The average molecular weight is 456 g/mol. The van der Waals surface area contributed by atoms with Crippen LogP contribution in [0.25, 0.3) is 27.8 Å². The van der Waals surface area contributed by atoms with E-state index in [1.54, 1.807) is 6.33 Å². The normalized spacial score (nSPS) is 20.6. The van der Waals surface area contributed by atoms with Crippen LogP contribution in [-0.2, 0) is 4.74 Å². The Morgan fingerprint density at radius 3 is 2.56 bits per heavy atom. The largest absolute Gasteiger partial charge is 0.378 e. The van der Waals surface area contributed by atoms with Crippen LogP contribution in [0.5, 0.6) is 0 Å². The summed E-state index contributed by atoms with van der Waals surface area (Å²) in [6.07, 6.45) is 8.81. The molecule has 0 amide bonds. The Morgan fingerprint density at radius 2 is 1.85 bits per heavy atom. The molecular formula is C28H33N5O. The monoisotopic (exact) mass is 455 g/mol. The predicted molar refractivity (Wildman–Crippen MR) is 134 cm³/mol. The zero-order valence-electron chi connectivity index (χ0n) is 20.1. The zero-order valence-corrected chi connectivity index (χ0v) is 20.1. The lowest BCUT2D eigenvalue weighted by atomic mass is 9.87. The zero-order chi connectivity index (χ0) is 22.8. The molecule has 3 aromatic heterocycles. The standard InChI is InChI=1S/C28H33N5O/c1-17(2)26-24-11-20(18-7-9-32(10-8-18)22-14-34-15-22)5-6-25(24)31-27(26)21-12-23(19-3-4-19)28-29-16-30-33(28)13-21/h5-6,11-13,16-19,22,31H,3-4,7-10,14-15H2,1-2H3. The Balaban J connectivity index is 1.27. The lowest BCUT2D eigenvalue weighted by Crippen LogP contribution is -2.51. The Hall–Kier alpha value is -2.70. The number of benzene rings is 1.